The van der Waals surface area contributed by atoms with Gasteiger partial charge in [0.05, 0.1) is 16.4 Å². The van der Waals surface area contributed by atoms with Crippen LogP contribution >= 0.6 is 23.2 Å². The average molecular weight is 289 g/mol. The van der Waals surface area contributed by atoms with Crippen LogP contribution in [0.4, 0.5) is 0 Å². The van der Waals surface area contributed by atoms with Crippen LogP contribution in [0.1, 0.15) is 0 Å². The van der Waals surface area contributed by atoms with E-state index >= 15 is 0 Å². The zero-order valence-corrected chi connectivity index (χ0v) is 11.0. The second-order valence-electron chi connectivity index (χ2n) is 4.25. The van der Waals surface area contributed by atoms with E-state index in [2.05, 4.69) is 9.97 Å². The molecule has 0 aliphatic rings. The predicted octanol–water partition coefficient (Wildman–Crippen LogP) is 4.84. The van der Waals surface area contributed by atoms with E-state index in [0.717, 1.165) is 16.5 Å². The number of aromatic nitrogens is 2. The highest BCUT2D eigenvalue weighted by Crippen LogP contribution is 2.30. The first-order valence-electron chi connectivity index (χ1n) is 5.66. The van der Waals surface area contributed by atoms with E-state index in [1.807, 2.05) is 18.2 Å². The standard InChI is InChI=1S/C14H6Cl2N2O/c15-7-2-4-12-9(5-7)13-14(19-12)18-11-6-8(16)1-3-10(11)17-13/h1-6H. The van der Waals surface area contributed by atoms with Crippen LogP contribution in [0, 0.1) is 0 Å². The molecule has 0 N–H and O–H groups in total. The summed E-state index contributed by atoms with van der Waals surface area (Å²) in [5, 5.41) is 2.14. The molecule has 92 valence electrons. The lowest BCUT2D eigenvalue weighted by Gasteiger charge is -1.96. The topological polar surface area (TPSA) is 38.9 Å². The molecule has 5 heteroatoms. The third-order valence-electron chi connectivity index (χ3n) is 3.00. The Morgan fingerprint density at radius 2 is 1.63 bits per heavy atom. The summed E-state index contributed by atoms with van der Waals surface area (Å²) >= 11 is 12.0. The number of furan rings is 1. The van der Waals surface area contributed by atoms with Crippen molar-refractivity contribution in [1.29, 1.82) is 0 Å². The first-order chi connectivity index (χ1) is 9.20. The zero-order valence-electron chi connectivity index (χ0n) is 9.52. The van der Waals surface area contributed by atoms with Crippen molar-refractivity contribution >= 4 is 56.4 Å². The molecule has 19 heavy (non-hydrogen) atoms. The number of rotatable bonds is 0. The number of hydrogen-bond acceptors (Lipinski definition) is 3. The minimum atomic E-state index is 0.493. The van der Waals surface area contributed by atoms with Gasteiger partial charge in [0.1, 0.15) is 11.1 Å². The molecule has 4 aromatic rings. The third kappa shape index (κ3) is 1.66. The van der Waals surface area contributed by atoms with Crippen LogP contribution in [0.25, 0.3) is 33.2 Å². The molecule has 0 saturated carbocycles. The fourth-order valence-corrected chi connectivity index (χ4v) is 2.48. The van der Waals surface area contributed by atoms with Crippen LogP contribution in [-0.4, -0.2) is 9.97 Å². The maximum atomic E-state index is 6.01. The highest BCUT2D eigenvalue weighted by molar-refractivity contribution is 6.32. The number of nitrogens with zero attached hydrogens (tertiary/aromatic N) is 2. The fourth-order valence-electron chi connectivity index (χ4n) is 2.14. The van der Waals surface area contributed by atoms with Crippen LogP contribution < -0.4 is 0 Å². The lowest BCUT2D eigenvalue weighted by atomic mass is 10.2. The van der Waals surface area contributed by atoms with Crippen LogP contribution in [0.15, 0.2) is 40.8 Å². The fraction of sp³-hybridized carbons (Fsp3) is 0. The summed E-state index contributed by atoms with van der Waals surface area (Å²) in [5.41, 5.74) is 3.42. The summed E-state index contributed by atoms with van der Waals surface area (Å²) in [6.07, 6.45) is 0. The van der Waals surface area contributed by atoms with E-state index in [1.165, 1.54) is 0 Å². The third-order valence-corrected chi connectivity index (χ3v) is 3.47. The molecular weight excluding hydrogens is 283 g/mol. The Hall–Kier alpha value is -1.84. The van der Waals surface area contributed by atoms with Crippen molar-refractivity contribution in [1.82, 2.24) is 9.97 Å². The van der Waals surface area contributed by atoms with Gasteiger partial charge in [-0.1, -0.05) is 23.2 Å². The summed E-state index contributed by atoms with van der Waals surface area (Å²) in [6.45, 7) is 0. The van der Waals surface area contributed by atoms with Crippen molar-refractivity contribution in [3.8, 4) is 0 Å². The van der Waals surface area contributed by atoms with Gasteiger partial charge in [-0.25, -0.2) is 9.97 Å². The lowest BCUT2D eigenvalue weighted by Crippen LogP contribution is -1.84. The van der Waals surface area contributed by atoms with Crippen molar-refractivity contribution in [2.45, 2.75) is 0 Å². The van der Waals surface area contributed by atoms with Crippen molar-refractivity contribution in [2.24, 2.45) is 0 Å². The predicted molar refractivity (Wildman–Crippen MR) is 76.8 cm³/mol. The van der Waals surface area contributed by atoms with E-state index in [9.17, 15) is 0 Å². The summed E-state index contributed by atoms with van der Waals surface area (Å²) in [6, 6.07) is 10.8. The molecule has 0 atom stereocenters. The van der Waals surface area contributed by atoms with Crippen LogP contribution in [0.2, 0.25) is 10.0 Å². The summed E-state index contributed by atoms with van der Waals surface area (Å²) in [5.74, 6) is 0. The zero-order chi connectivity index (χ0) is 13.0. The molecule has 4 rings (SSSR count). The quantitative estimate of drug-likeness (QED) is 0.465. The van der Waals surface area contributed by atoms with E-state index in [0.29, 0.717) is 26.8 Å². The Morgan fingerprint density at radius 3 is 2.53 bits per heavy atom. The van der Waals surface area contributed by atoms with E-state index < -0.39 is 0 Å². The van der Waals surface area contributed by atoms with Crippen molar-refractivity contribution < 1.29 is 4.42 Å². The SMILES string of the molecule is Clc1ccc2nc3c(nc2c1)oc1ccc(Cl)cc13. The largest absolute Gasteiger partial charge is 0.436 e. The number of benzene rings is 2. The molecule has 2 heterocycles. The Kier molecular flexibility index (Phi) is 2.22. The van der Waals surface area contributed by atoms with Gasteiger partial charge in [0, 0.05) is 10.0 Å². The Balaban J connectivity index is 2.20. The molecule has 0 amide bonds. The van der Waals surface area contributed by atoms with Crippen LogP contribution in [0.3, 0.4) is 0 Å². The van der Waals surface area contributed by atoms with Crippen molar-refractivity contribution in [2.75, 3.05) is 0 Å². The molecule has 0 fully saturated rings. The highest BCUT2D eigenvalue weighted by Gasteiger charge is 2.11. The molecule has 2 aromatic carbocycles. The lowest BCUT2D eigenvalue weighted by molar-refractivity contribution is 0.655. The molecule has 0 bridgehead atoms. The van der Waals surface area contributed by atoms with Gasteiger partial charge in [0.2, 0.25) is 5.71 Å². The minimum Gasteiger partial charge on any atom is -0.436 e. The second-order valence-corrected chi connectivity index (χ2v) is 5.13. The van der Waals surface area contributed by atoms with Gasteiger partial charge < -0.3 is 4.42 Å². The van der Waals surface area contributed by atoms with Gasteiger partial charge in [0.15, 0.2) is 0 Å². The Labute approximate surface area is 117 Å². The van der Waals surface area contributed by atoms with E-state index in [-0.39, 0.29) is 0 Å². The normalized spacial score (nSPS) is 11.7. The van der Waals surface area contributed by atoms with Gasteiger partial charge in [-0.15, -0.1) is 0 Å². The molecule has 0 unspecified atom stereocenters. The van der Waals surface area contributed by atoms with Gasteiger partial charge in [-0.2, -0.15) is 0 Å². The van der Waals surface area contributed by atoms with E-state index in [1.54, 1.807) is 18.2 Å². The highest BCUT2D eigenvalue weighted by atomic mass is 35.5. The first-order valence-corrected chi connectivity index (χ1v) is 6.41. The Morgan fingerprint density at radius 1 is 0.842 bits per heavy atom. The van der Waals surface area contributed by atoms with Crippen molar-refractivity contribution in [3.63, 3.8) is 0 Å². The van der Waals surface area contributed by atoms with Crippen molar-refractivity contribution in [3.05, 3.63) is 46.4 Å². The monoisotopic (exact) mass is 288 g/mol. The van der Waals surface area contributed by atoms with E-state index in [4.69, 9.17) is 27.6 Å². The molecule has 0 radical (unpaired) electrons. The average Bonchev–Trinajstić information content (AvgIpc) is 2.73. The molecule has 0 spiro atoms. The minimum absolute atomic E-state index is 0.493. The van der Waals surface area contributed by atoms with Gasteiger partial charge in [-0.05, 0) is 36.4 Å². The Bertz CT molecular complexity index is 946. The summed E-state index contributed by atoms with van der Waals surface area (Å²) < 4.78 is 5.68. The number of halogens is 2. The summed E-state index contributed by atoms with van der Waals surface area (Å²) in [7, 11) is 0. The number of fused-ring (bicyclic) bond motifs is 4. The molecule has 2 aromatic heterocycles. The molecule has 3 nitrogen and oxygen atoms in total. The molecule has 0 aliphatic heterocycles. The van der Waals surface area contributed by atoms with Crippen LogP contribution in [0.5, 0.6) is 0 Å². The number of hydrogen-bond donors (Lipinski definition) is 0. The van der Waals surface area contributed by atoms with Gasteiger partial charge >= 0.3 is 0 Å². The maximum absolute atomic E-state index is 6.01. The molecule has 0 aliphatic carbocycles. The van der Waals surface area contributed by atoms with Gasteiger partial charge in [0.25, 0.3) is 0 Å². The molecule has 0 saturated heterocycles. The van der Waals surface area contributed by atoms with Gasteiger partial charge in [-0.3, -0.25) is 0 Å². The maximum Gasteiger partial charge on any atom is 0.246 e. The van der Waals surface area contributed by atoms with Crippen LogP contribution in [-0.2, 0) is 0 Å². The second kappa shape index (κ2) is 3.83. The molecular formula is C14H6Cl2N2O. The smallest absolute Gasteiger partial charge is 0.246 e. The first kappa shape index (κ1) is 11.0. The summed E-state index contributed by atoms with van der Waals surface area (Å²) in [4.78, 5) is 9.02.